The molecule has 3 aromatic rings. The van der Waals surface area contributed by atoms with E-state index in [9.17, 15) is 18.0 Å². The van der Waals surface area contributed by atoms with Crippen molar-refractivity contribution in [3.63, 3.8) is 0 Å². The first kappa shape index (κ1) is 18.5. The molecule has 0 atom stereocenters. The van der Waals surface area contributed by atoms with Crippen molar-refractivity contribution in [2.24, 2.45) is 5.92 Å². The first-order valence-corrected chi connectivity index (χ1v) is 9.01. The van der Waals surface area contributed by atoms with Crippen LogP contribution < -0.4 is 10.2 Å². The number of halogens is 3. The molecule has 1 amide bonds. The third-order valence-corrected chi connectivity index (χ3v) is 4.97. The molecule has 2 N–H and O–H groups in total. The Labute approximate surface area is 158 Å². The van der Waals surface area contributed by atoms with E-state index in [1.807, 2.05) is 18.3 Å². The number of aromatic nitrogens is 4. The zero-order chi connectivity index (χ0) is 19.9. The molecule has 0 aliphatic carbocycles. The van der Waals surface area contributed by atoms with Crippen LogP contribution in [-0.2, 0) is 4.79 Å². The van der Waals surface area contributed by atoms with Crippen molar-refractivity contribution in [1.82, 2.24) is 25.3 Å². The molecule has 0 saturated carbocycles. The van der Waals surface area contributed by atoms with Gasteiger partial charge in [0.05, 0.1) is 17.1 Å². The molecule has 4 heterocycles. The average molecular weight is 392 g/mol. The molecule has 0 spiro atoms. The molecule has 7 nitrogen and oxygen atoms in total. The summed E-state index contributed by atoms with van der Waals surface area (Å²) in [6.45, 7) is 1.63. The van der Waals surface area contributed by atoms with Crippen molar-refractivity contribution in [1.29, 1.82) is 0 Å². The fraction of sp³-hybridized carbons (Fsp3) is 0.444. The molecule has 0 aromatic carbocycles. The van der Waals surface area contributed by atoms with Gasteiger partial charge in [0.15, 0.2) is 5.65 Å². The summed E-state index contributed by atoms with van der Waals surface area (Å²) in [5, 5.41) is 3.79. The van der Waals surface area contributed by atoms with Crippen LogP contribution in [0.25, 0.3) is 21.9 Å². The van der Waals surface area contributed by atoms with Gasteiger partial charge >= 0.3 is 6.18 Å². The van der Waals surface area contributed by atoms with Gasteiger partial charge in [0.25, 0.3) is 0 Å². The summed E-state index contributed by atoms with van der Waals surface area (Å²) in [7, 11) is 0. The second-order valence-corrected chi connectivity index (χ2v) is 6.97. The highest BCUT2D eigenvalue weighted by molar-refractivity contribution is 6.09. The molecule has 1 saturated heterocycles. The molecule has 28 heavy (non-hydrogen) atoms. The van der Waals surface area contributed by atoms with Crippen LogP contribution in [0.2, 0.25) is 0 Å². The number of aromatic amines is 1. The minimum Gasteiger partial charge on any atom is -0.356 e. The number of carbonyl (C=O) groups is 1. The van der Waals surface area contributed by atoms with Crippen LogP contribution in [0.5, 0.6) is 0 Å². The van der Waals surface area contributed by atoms with Crippen molar-refractivity contribution >= 4 is 33.7 Å². The van der Waals surface area contributed by atoms with Gasteiger partial charge in [-0.3, -0.25) is 4.79 Å². The fourth-order valence-corrected chi connectivity index (χ4v) is 3.65. The Bertz CT molecular complexity index is 1020. The maximum absolute atomic E-state index is 12.3. The number of aryl methyl sites for hydroxylation is 1. The van der Waals surface area contributed by atoms with Gasteiger partial charge in [-0.1, -0.05) is 0 Å². The zero-order valence-corrected chi connectivity index (χ0v) is 15.2. The molecule has 0 unspecified atom stereocenters. The van der Waals surface area contributed by atoms with Gasteiger partial charge < -0.3 is 15.2 Å². The van der Waals surface area contributed by atoms with E-state index in [-0.39, 0.29) is 0 Å². The van der Waals surface area contributed by atoms with Crippen LogP contribution in [0.1, 0.15) is 18.7 Å². The van der Waals surface area contributed by atoms with Crippen molar-refractivity contribution in [2.75, 3.05) is 24.5 Å². The van der Waals surface area contributed by atoms with E-state index in [0.717, 1.165) is 27.9 Å². The van der Waals surface area contributed by atoms with Crippen LogP contribution in [0.4, 0.5) is 19.0 Å². The predicted molar refractivity (Wildman–Crippen MR) is 97.9 cm³/mol. The third-order valence-electron chi connectivity index (χ3n) is 4.97. The monoisotopic (exact) mass is 392 g/mol. The van der Waals surface area contributed by atoms with Crippen molar-refractivity contribution in [3.8, 4) is 0 Å². The summed E-state index contributed by atoms with van der Waals surface area (Å²) in [5.74, 6) is 0.539. The quantitative estimate of drug-likeness (QED) is 0.716. The number of piperidine rings is 1. The van der Waals surface area contributed by atoms with Crippen molar-refractivity contribution < 1.29 is 18.0 Å². The highest BCUT2D eigenvalue weighted by atomic mass is 19.4. The number of H-pyrrole nitrogens is 1. The number of anilines is 1. The number of fused-ring (bicyclic) bond motifs is 3. The number of carbonyl (C=O) groups excluding carboxylic acids is 1. The molecule has 10 heteroatoms. The Morgan fingerprint density at radius 2 is 2.07 bits per heavy atom. The summed E-state index contributed by atoms with van der Waals surface area (Å²) < 4.78 is 36.9. The molecule has 0 radical (unpaired) electrons. The maximum Gasteiger partial charge on any atom is 0.405 e. The molecule has 1 aliphatic heterocycles. The lowest BCUT2D eigenvalue weighted by Crippen LogP contribution is -2.43. The molecule has 1 fully saturated rings. The Hall–Kier alpha value is -2.91. The summed E-state index contributed by atoms with van der Waals surface area (Å²) >= 11 is 0. The molecule has 1 aliphatic rings. The molecule has 0 bridgehead atoms. The Balaban J connectivity index is 1.56. The standard InChI is InChI=1S/C18H19F3N6O/c1-10-25-13-8-23-15-12(2-5-22-15)14(13)16(26-10)27-6-3-11(4-7-27)17(28)24-9-18(19,20)21/h2,5,8,11H,3-4,6-7,9H2,1H3,(H,24,28)(H,25,26). The van der Waals surface area contributed by atoms with Gasteiger partial charge in [0.1, 0.15) is 18.2 Å². The lowest BCUT2D eigenvalue weighted by Gasteiger charge is -2.33. The van der Waals surface area contributed by atoms with E-state index in [0.29, 0.717) is 31.6 Å². The number of hydrogen-bond donors (Lipinski definition) is 2. The Morgan fingerprint density at radius 1 is 1.32 bits per heavy atom. The number of hydrogen-bond acceptors (Lipinski definition) is 5. The van der Waals surface area contributed by atoms with E-state index in [1.165, 1.54) is 0 Å². The minimum absolute atomic E-state index is 0.427. The summed E-state index contributed by atoms with van der Waals surface area (Å²) in [4.78, 5) is 30.5. The Kier molecular flexibility index (Phi) is 4.56. The average Bonchev–Trinajstić information content (AvgIpc) is 3.13. The highest BCUT2D eigenvalue weighted by Gasteiger charge is 2.31. The number of pyridine rings is 1. The second-order valence-electron chi connectivity index (χ2n) is 6.97. The van der Waals surface area contributed by atoms with Gasteiger partial charge in [-0.15, -0.1) is 0 Å². The summed E-state index contributed by atoms with van der Waals surface area (Å²) in [5.41, 5.74) is 1.47. The normalized spacial score (nSPS) is 16.1. The van der Waals surface area contributed by atoms with Crippen LogP contribution in [0.15, 0.2) is 18.5 Å². The predicted octanol–water partition coefficient (Wildman–Crippen LogP) is 2.71. The maximum atomic E-state index is 12.3. The van der Waals surface area contributed by atoms with Crippen LogP contribution >= 0.6 is 0 Å². The minimum atomic E-state index is -4.40. The van der Waals surface area contributed by atoms with Crippen molar-refractivity contribution in [3.05, 3.63) is 24.3 Å². The number of amides is 1. The van der Waals surface area contributed by atoms with Crippen LogP contribution in [0.3, 0.4) is 0 Å². The lowest BCUT2D eigenvalue weighted by atomic mass is 9.95. The van der Waals surface area contributed by atoms with E-state index >= 15 is 0 Å². The van der Waals surface area contributed by atoms with Gasteiger partial charge in [0.2, 0.25) is 5.91 Å². The van der Waals surface area contributed by atoms with E-state index in [1.54, 1.807) is 12.4 Å². The first-order valence-electron chi connectivity index (χ1n) is 9.01. The largest absolute Gasteiger partial charge is 0.405 e. The number of nitrogens with one attached hydrogen (secondary N) is 2. The van der Waals surface area contributed by atoms with Gasteiger partial charge in [-0.2, -0.15) is 13.2 Å². The molecule has 4 rings (SSSR count). The second kappa shape index (κ2) is 6.92. The first-order chi connectivity index (χ1) is 13.3. The summed E-state index contributed by atoms with van der Waals surface area (Å²) in [6.07, 6.45) is -0.0432. The molecule has 3 aromatic heterocycles. The van der Waals surface area contributed by atoms with E-state index in [4.69, 9.17) is 0 Å². The summed E-state index contributed by atoms with van der Waals surface area (Å²) in [6, 6.07) is 1.89. The molecular weight excluding hydrogens is 373 g/mol. The van der Waals surface area contributed by atoms with E-state index in [2.05, 4.69) is 24.8 Å². The zero-order valence-electron chi connectivity index (χ0n) is 15.2. The topological polar surface area (TPSA) is 86.8 Å². The van der Waals surface area contributed by atoms with Crippen molar-refractivity contribution in [2.45, 2.75) is 25.9 Å². The smallest absolute Gasteiger partial charge is 0.356 e. The highest BCUT2D eigenvalue weighted by Crippen LogP contribution is 2.32. The molecular formula is C18H19F3N6O. The SMILES string of the molecule is Cc1nc(N2CCC(C(=O)NCC(F)(F)F)CC2)c2c(cnc3nccc32)[nH]1. The fourth-order valence-electron chi connectivity index (χ4n) is 3.65. The lowest BCUT2D eigenvalue weighted by molar-refractivity contribution is -0.141. The van der Waals surface area contributed by atoms with Crippen LogP contribution in [0, 0.1) is 12.8 Å². The number of alkyl halides is 3. The van der Waals surface area contributed by atoms with E-state index < -0.39 is 24.5 Å². The van der Waals surface area contributed by atoms with Crippen LogP contribution in [-0.4, -0.2) is 51.7 Å². The third kappa shape index (κ3) is 3.58. The number of rotatable bonds is 3. The van der Waals surface area contributed by atoms with Gasteiger partial charge in [-0.05, 0) is 25.8 Å². The number of nitrogens with zero attached hydrogens (tertiary/aromatic N) is 4. The Morgan fingerprint density at radius 3 is 2.79 bits per heavy atom. The molecule has 148 valence electrons. The van der Waals surface area contributed by atoms with Gasteiger partial charge in [0, 0.05) is 30.6 Å². The van der Waals surface area contributed by atoms with Gasteiger partial charge in [-0.25, -0.2) is 15.0 Å².